The van der Waals surface area contributed by atoms with Crippen LogP contribution in [0.3, 0.4) is 0 Å². The molecule has 2 fully saturated rings. The van der Waals surface area contributed by atoms with Gasteiger partial charge in [-0.3, -0.25) is 24.7 Å². The predicted octanol–water partition coefficient (Wildman–Crippen LogP) is 8.95. The first-order valence-corrected chi connectivity index (χ1v) is 27.4. The van der Waals surface area contributed by atoms with Crippen LogP contribution in [0.2, 0.25) is 5.02 Å². The molecule has 0 bridgehead atoms. The molecular weight excluding hydrogens is 970 g/mol. The number of hydrogen-bond donors (Lipinski definition) is 3. The van der Waals surface area contributed by atoms with Crippen LogP contribution in [-0.4, -0.2) is 125 Å². The van der Waals surface area contributed by atoms with Crippen molar-refractivity contribution in [3.63, 3.8) is 0 Å². The van der Waals surface area contributed by atoms with Crippen LogP contribution in [0.4, 0.5) is 21.9 Å². The van der Waals surface area contributed by atoms with Gasteiger partial charge in [-0.15, -0.1) is 4.36 Å². The zero-order valence-corrected chi connectivity index (χ0v) is 42.9. The van der Waals surface area contributed by atoms with Crippen molar-refractivity contribution in [2.24, 2.45) is 9.78 Å². The van der Waals surface area contributed by atoms with E-state index < -0.39 is 47.3 Å². The fourth-order valence-corrected chi connectivity index (χ4v) is 12.2. The lowest BCUT2D eigenvalue weighted by Gasteiger charge is -2.39. The van der Waals surface area contributed by atoms with Crippen LogP contribution in [0.25, 0.3) is 16.6 Å². The normalized spacial score (nSPS) is 18.0. The predicted molar refractivity (Wildman–Crippen MR) is 276 cm³/mol. The Morgan fingerprint density at radius 2 is 1.70 bits per heavy atom. The molecule has 0 radical (unpaired) electrons. The van der Waals surface area contributed by atoms with Gasteiger partial charge in [-0.25, -0.2) is 27.1 Å². The number of nitrogens with one attached hydrogen (secondary N) is 3. The van der Waals surface area contributed by atoms with Gasteiger partial charge in [0.15, 0.2) is 0 Å². The van der Waals surface area contributed by atoms with Crippen molar-refractivity contribution in [1.82, 2.24) is 24.5 Å². The molecule has 3 N–H and O–H groups in total. The third-order valence-corrected chi connectivity index (χ3v) is 16.7. The van der Waals surface area contributed by atoms with E-state index in [9.17, 15) is 32.3 Å². The number of anilines is 2. The zero-order chi connectivity index (χ0) is 50.7. The van der Waals surface area contributed by atoms with E-state index in [2.05, 4.69) is 60.1 Å². The molecule has 2 aromatic heterocycles. The third kappa shape index (κ3) is 12.9. The number of amides is 2. The maximum absolute atomic E-state index is 14.1. The highest BCUT2D eigenvalue weighted by atomic mass is 35.5. The quantitative estimate of drug-likeness (QED) is 0.0658. The number of piperazine rings is 1. The van der Waals surface area contributed by atoms with Crippen molar-refractivity contribution in [1.29, 1.82) is 0 Å². The molecule has 8 rings (SSSR count). The number of carbonyl (C=O) groups excluding carboxylic acids is 2. The van der Waals surface area contributed by atoms with E-state index in [1.165, 1.54) is 41.1 Å². The number of aromatic amines is 1. The average Bonchev–Trinajstić information content (AvgIpc) is 3.78. The number of ether oxygens (including phenoxy) is 2. The summed E-state index contributed by atoms with van der Waals surface area (Å²) in [6.07, 6.45) is 5.16. The molecule has 378 valence electrons. The van der Waals surface area contributed by atoms with E-state index in [4.69, 9.17) is 21.1 Å². The van der Waals surface area contributed by atoms with Gasteiger partial charge in [0.05, 0.1) is 37.4 Å². The molecule has 5 aromatic rings. The van der Waals surface area contributed by atoms with Crippen LogP contribution in [0.15, 0.2) is 100 Å². The topological polar surface area (TPSA) is 222 Å². The molecule has 3 aliphatic rings. The van der Waals surface area contributed by atoms with Crippen LogP contribution >= 0.6 is 11.6 Å². The van der Waals surface area contributed by atoms with Gasteiger partial charge >= 0.3 is 6.09 Å². The standard InChI is InChI=1S/C50H60ClN9O9S2/c1-33(2)68-49(62)56-70(65)24-22-58(23-25-70)31-34(3)54-44-13-11-41(28-45(44)60(63)64)71(66,67)55-48(61)42-12-10-39(27-46(42)69-40-26-36-15-17-52-47(36)53-30-40)59-20-18-57(19-21-59)32-37-14-16-50(4,5)29-43(37)35-6-8-38(51)9-7-35/h6-13,15,17,26-28,30,33-34,54H,14,16,18-25,29,31-32H2,1-5H3,(H,52,53)(H,55,61)/t34-/m0/s1. The molecule has 71 heavy (non-hydrogen) atoms. The van der Waals surface area contributed by atoms with Gasteiger partial charge in [0.2, 0.25) is 0 Å². The number of rotatable bonds is 15. The Labute approximate surface area is 419 Å². The van der Waals surface area contributed by atoms with E-state index in [0.29, 0.717) is 49.1 Å². The number of sulfonamides is 1. The summed E-state index contributed by atoms with van der Waals surface area (Å²) in [6.45, 7) is 14.8. The van der Waals surface area contributed by atoms with Gasteiger partial charge in [-0.1, -0.05) is 43.2 Å². The molecular formula is C50H60ClN9O9S2. The maximum atomic E-state index is 14.1. The molecule has 0 spiro atoms. The van der Waals surface area contributed by atoms with Gasteiger partial charge in [-0.2, -0.15) is 0 Å². The Morgan fingerprint density at radius 3 is 2.41 bits per heavy atom. The Balaban J connectivity index is 0.958. The number of pyridine rings is 1. The number of allylic oxidation sites excluding steroid dienone is 1. The van der Waals surface area contributed by atoms with E-state index in [1.54, 1.807) is 45.2 Å². The Bertz CT molecular complexity index is 3070. The summed E-state index contributed by atoms with van der Waals surface area (Å²) in [5.41, 5.74) is 5.16. The minimum Gasteiger partial charge on any atom is -0.455 e. The van der Waals surface area contributed by atoms with Gasteiger partial charge in [-0.05, 0) is 105 Å². The van der Waals surface area contributed by atoms with Crippen molar-refractivity contribution in [3.05, 3.63) is 117 Å². The molecule has 3 aromatic carbocycles. The number of nitro groups is 1. The second-order valence-corrected chi connectivity index (χ2v) is 24.1. The molecule has 4 heterocycles. The SMILES string of the molecule is CC(C)OC(=O)N=S1(=O)CCN(C[C@H](C)Nc2ccc(S(=O)(=O)NC(=O)c3ccc(N4CCN(CC5=C(c6ccc(Cl)cc6)CC(C)(C)CC5)CC4)cc3Oc3cnc4[nH]ccc4c3)cc2[N+](=O)[O-])CC1. The molecule has 1 aliphatic carbocycles. The first kappa shape index (κ1) is 51.3. The summed E-state index contributed by atoms with van der Waals surface area (Å²) in [6, 6.07) is 19.7. The number of nitrogens with zero attached hydrogens (tertiary/aromatic N) is 6. The summed E-state index contributed by atoms with van der Waals surface area (Å²) < 4.78 is 58.1. The van der Waals surface area contributed by atoms with Crippen molar-refractivity contribution >= 4 is 77.0 Å². The van der Waals surface area contributed by atoms with Crippen LogP contribution in [0.1, 0.15) is 69.8 Å². The van der Waals surface area contributed by atoms with Crippen LogP contribution in [0, 0.1) is 15.5 Å². The van der Waals surface area contributed by atoms with E-state index in [-0.39, 0.29) is 46.1 Å². The lowest BCUT2D eigenvalue weighted by Crippen LogP contribution is -2.47. The summed E-state index contributed by atoms with van der Waals surface area (Å²) >= 11 is 6.25. The lowest BCUT2D eigenvalue weighted by atomic mass is 9.72. The van der Waals surface area contributed by atoms with Gasteiger partial charge < -0.3 is 24.7 Å². The number of fused-ring (bicyclic) bond motifs is 1. The van der Waals surface area contributed by atoms with E-state index in [0.717, 1.165) is 56.0 Å². The highest BCUT2D eigenvalue weighted by Crippen LogP contribution is 2.43. The number of halogens is 1. The fourth-order valence-electron chi connectivity index (χ4n) is 9.26. The number of carbonyl (C=O) groups is 2. The zero-order valence-electron chi connectivity index (χ0n) is 40.5. The van der Waals surface area contributed by atoms with E-state index in [1.807, 2.05) is 23.1 Å². The molecule has 1 atom stereocenters. The Hall–Kier alpha value is -6.06. The second kappa shape index (κ2) is 21.3. The first-order valence-electron chi connectivity index (χ1n) is 23.7. The minimum atomic E-state index is -4.66. The highest BCUT2D eigenvalue weighted by molar-refractivity contribution is 7.94. The molecule has 0 unspecified atom stereocenters. The summed E-state index contributed by atoms with van der Waals surface area (Å²) in [5.74, 6) is -0.264. The number of H-pyrrole nitrogens is 1. The smallest absolute Gasteiger partial charge is 0.442 e. The van der Waals surface area contributed by atoms with Crippen molar-refractivity contribution in [2.45, 2.75) is 70.9 Å². The number of nitro benzene ring substituents is 1. The Morgan fingerprint density at radius 1 is 0.972 bits per heavy atom. The lowest BCUT2D eigenvalue weighted by molar-refractivity contribution is -0.384. The van der Waals surface area contributed by atoms with Crippen LogP contribution in [0.5, 0.6) is 11.5 Å². The number of aromatic nitrogens is 2. The number of hydrogen-bond acceptors (Lipinski definition) is 14. The minimum absolute atomic E-state index is 0.0675. The van der Waals surface area contributed by atoms with Gasteiger partial charge in [0, 0.05) is 104 Å². The summed E-state index contributed by atoms with van der Waals surface area (Å²) in [4.78, 5) is 51.4. The van der Waals surface area contributed by atoms with Gasteiger partial charge in [0.1, 0.15) is 22.8 Å². The van der Waals surface area contributed by atoms with Crippen molar-refractivity contribution < 1.29 is 36.6 Å². The molecule has 18 nitrogen and oxygen atoms in total. The molecule has 21 heteroatoms. The number of benzene rings is 3. The third-order valence-electron chi connectivity index (χ3n) is 13.0. The maximum Gasteiger partial charge on any atom is 0.442 e. The average molecular weight is 1030 g/mol. The van der Waals surface area contributed by atoms with Crippen LogP contribution in [-0.2, 0) is 24.5 Å². The second-order valence-electron chi connectivity index (χ2n) is 19.5. The fraction of sp³-hybridized carbons (Fsp3) is 0.420. The van der Waals surface area contributed by atoms with Gasteiger partial charge in [0.25, 0.3) is 21.6 Å². The molecule has 2 amide bonds. The molecule has 2 saturated heterocycles. The Kier molecular flexibility index (Phi) is 15.4. The summed E-state index contributed by atoms with van der Waals surface area (Å²) in [7, 11) is -7.43. The first-order chi connectivity index (χ1) is 33.7. The summed E-state index contributed by atoms with van der Waals surface area (Å²) in [5, 5.41) is 16.9. The molecule has 0 saturated carbocycles. The highest BCUT2D eigenvalue weighted by Gasteiger charge is 2.31. The van der Waals surface area contributed by atoms with Crippen molar-refractivity contribution in [2.75, 3.05) is 74.1 Å². The van der Waals surface area contributed by atoms with Crippen molar-refractivity contribution in [3.8, 4) is 11.5 Å². The van der Waals surface area contributed by atoms with Crippen LogP contribution < -0.4 is 19.7 Å². The monoisotopic (exact) mass is 1030 g/mol. The molecule has 2 aliphatic heterocycles. The van der Waals surface area contributed by atoms with E-state index >= 15 is 0 Å². The largest absolute Gasteiger partial charge is 0.455 e.